The molecule has 1 atom stereocenters. The van der Waals surface area contributed by atoms with E-state index in [-0.39, 0.29) is 29.8 Å². The molecule has 0 radical (unpaired) electrons. The average molecular weight is 449 g/mol. The number of carbonyl (C=O) groups excluding carboxylic acids is 1. The van der Waals surface area contributed by atoms with Gasteiger partial charge in [-0.2, -0.15) is 0 Å². The van der Waals surface area contributed by atoms with E-state index in [0.29, 0.717) is 36.9 Å². The molecule has 2 aromatic carbocycles. The molecule has 31 heavy (non-hydrogen) atoms. The van der Waals surface area contributed by atoms with Crippen molar-refractivity contribution in [2.75, 3.05) is 26.9 Å². The molecule has 1 aliphatic heterocycles. The highest BCUT2D eigenvalue weighted by molar-refractivity contribution is 7.89. The fourth-order valence-corrected chi connectivity index (χ4v) is 4.35. The molecule has 2 aromatic rings. The number of para-hydroxylation sites is 1. The van der Waals surface area contributed by atoms with Crippen LogP contribution in [0.2, 0.25) is 0 Å². The highest BCUT2D eigenvalue weighted by Crippen LogP contribution is 2.31. The fraction of sp³-hybridized carbons (Fsp3) is 0.409. The Kier molecular flexibility index (Phi) is 7.75. The van der Waals surface area contributed by atoms with Crippen molar-refractivity contribution >= 4 is 15.9 Å². The molecule has 3 rings (SSSR count). The lowest BCUT2D eigenvalue weighted by Gasteiger charge is -2.17. The number of sulfonamides is 1. The molecule has 0 aliphatic carbocycles. The Hall–Kier alpha value is -2.78. The SMILES string of the molecule is COc1ccccc1[C@@H](C)NC(=O)CCCNS(=O)(=O)c1ccc2c(c1)OCCCO2. The second-order valence-electron chi connectivity index (χ2n) is 7.19. The largest absolute Gasteiger partial charge is 0.496 e. The van der Waals surface area contributed by atoms with Gasteiger partial charge in [0.2, 0.25) is 15.9 Å². The van der Waals surface area contributed by atoms with Crippen molar-refractivity contribution in [1.82, 2.24) is 10.0 Å². The highest BCUT2D eigenvalue weighted by Gasteiger charge is 2.19. The van der Waals surface area contributed by atoms with Crippen molar-refractivity contribution in [3.63, 3.8) is 0 Å². The van der Waals surface area contributed by atoms with Crippen LogP contribution < -0.4 is 24.2 Å². The van der Waals surface area contributed by atoms with Gasteiger partial charge in [-0.15, -0.1) is 0 Å². The molecule has 1 amide bonds. The van der Waals surface area contributed by atoms with Crippen LogP contribution in [0.3, 0.4) is 0 Å². The molecule has 0 saturated carbocycles. The van der Waals surface area contributed by atoms with E-state index in [4.69, 9.17) is 14.2 Å². The van der Waals surface area contributed by atoms with Gasteiger partial charge in [-0.25, -0.2) is 13.1 Å². The van der Waals surface area contributed by atoms with E-state index in [0.717, 1.165) is 12.0 Å². The number of hydrogen-bond donors (Lipinski definition) is 2. The molecule has 9 heteroatoms. The lowest BCUT2D eigenvalue weighted by atomic mass is 10.1. The predicted octanol–water partition coefficient (Wildman–Crippen LogP) is 2.79. The molecule has 0 fully saturated rings. The monoisotopic (exact) mass is 448 g/mol. The fourth-order valence-electron chi connectivity index (χ4n) is 3.27. The molecular weight excluding hydrogens is 420 g/mol. The van der Waals surface area contributed by atoms with Crippen molar-refractivity contribution < 1.29 is 27.4 Å². The van der Waals surface area contributed by atoms with Crippen LogP contribution in [0.4, 0.5) is 0 Å². The first-order valence-corrected chi connectivity index (χ1v) is 11.7. The molecule has 0 unspecified atom stereocenters. The van der Waals surface area contributed by atoms with Crippen LogP contribution in [0.5, 0.6) is 17.2 Å². The van der Waals surface area contributed by atoms with Gasteiger partial charge in [0, 0.05) is 31.0 Å². The summed E-state index contributed by atoms with van der Waals surface area (Å²) in [4.78, 5) is 12.4. The number of ether oxygens (including phenoxy) is 3. The van der Waals surface area contributed by atoms with E-state index in [1.807, 2.05) is 31.2 Å². The lowest BCUT2D eigenvalue weighted by Crippen LogP contribution is -2.29. The number of methoxy groups -OCH3 is 1. The van der Waals surface area contributed by atoms with Crippen molar-refractivity contribution in [2.24, 2.45) is 0 Å². The molecule has 1 heterocycles. The van der Waals surface area contributed by atoms with Gasteiger partial charge in [0.25, 0.3) is 0 Å². The minimum Gasteiger partial charge on any atom is -0.496 e. The van der Waals surface area contributed by atoms with Crippen molar-refractivity contribution in [3.05, 3.63) is 48.0 Å². The lowest BCUT2D eigenvalue weighted by molar-refractivity contribution is -0.121. The molecule has 2 N–H and O–H groups in total. The van der Waals surface area contributed by atoms with Crippen LogP contribution in [0, 0.1) is 0 Å². The summed E-state index contributed by atoms with van der Waals surface area (Å²) in [6, 6.07) is 11.8. The molecule has 1 aliphatic rings. The predicted molar refractivity (Wildman–Crippen MR) is 116 cm³/mol. The van der Waals surface area contributed by atoms with Gasteiger partial charge in [0.15, 0.2) is 11.5 Å². The Balaban J connectivity index is 1.48. The Bertz CT molecular complexity index is 1010. The topological polar surface area (TPSA) is 103 Å². The van der Waals surface area contributed by atoms with Gasteiger partial charge in [0.05, 0.1) is 31.3 Å². The second-order valence-corrected chi connectivity index (χ2v) is 8.96. The van der Waals surface area contributed by atoms with Crippen LogP contribution in [-0.2, 0) is 14.8 Å². The van der Waals surface area contributed by atoms with Gasteiger partial charge in [-0.3, -0.25) is 4.79 Å². The third kappa shape index (κ3) is 6.11. The maximum Gasteiger partial charge on any atom is 0.240 e. The zero-order valence-corrected chi connectivity index (χ0v) is 18.5. The number of hydrogen-bond acceptors (Lipinski definition) is 6. The molecule has 8 nitrogen and oxygen atoms in total. The molecule has 168 valence electrons. The third-order valence-corrected chi connectivity index (χ3v) is 6.34. The normalized spacial score (nSPS) is 14.4. The molecule has 0 saturated heterocycles. The molecule has 0 aromatic heterocycles. The van der Waals surface area contributed by atoms with Crippen molar-refractivity contribution in [2.45, 2.75) is 37.1 Å². The first-order chi connectivity index (χ1) is 14.9. The zero-order chi connectivity index (χ0) is 22.3. The summed E-state index contributed by atoms with van der Waals surface area (Å²) in [5.41, 5.74) is 0.883. The highest BCUT2D eigenvalue weighted by atomic mass is 32.2. The summed E-state index contributed by atoms with van der Waals surface area (Å²) >= 11 is 0. The Morgan fingerprint density at radius 1 is 1.13 bits per heavy atom. The molecule has 0 spiro atoms. The van der Waals surface area contributed by atoms with E-state index in [9.17, 15) is 13.2 Å². The number of rotatable bonds is 9. The first kappa shape index (κ1) is 22.9. The van der Waals surface area contributed by atoms with E-state index in [1.54, 1.807) is 13.2 Å². The summed E-state index contributed by atoms with van der Waals surface area (Å²) in [5.74, 6) is 1.51. The quantitative estimate of drug-likeness (QED) is 0.572. The number of fused-ring (bicyclic) bond motifs is 1. The standard InChI is InChI=1S/C22H28N2O6S/c1-16(18-7-3-4-8-19(18)28-2)24-22(25)9-5-12-23-31(26,27)17-10-11-20-21(15-17)30-14-6-13-29-20/h3-4,7-8,10-11,15-16,23H,5-6,9,12-14H2,1-2H3,(H,24,25)/t16-/m1/s1. The Labute approximate surface area is 182 Å². The summed E-state index contributed by atoms with van der Waals surface area (Å²) < 4.78 is 44.1. The molecule has 0 bridgehead atoms. The molecular formula is C22H28N2O6S. The number of amides is 1. The summed E-state index contributed by atoms with van der Waals surface area (Å²) in [6.07, 6.45) is 1.31. The maximum atomic E-state index is 12.6. The summed E-state index contributed by atoms with van der Waals surface area (Å²) in [6.45, 7) is 3.04. The van der Waals surface area contributed by atoms with E-state index < -0.39 is 10.0 Å². The van der Waals surface area contributed by atoms with Crippen molar-refractivity contribution in [1.29, 1.82) is 0 Å². The minimum atomic E-state index is -3.71. The van der Waals surface area contributed by atoms with Crippen LogP contribution in [-0.4, -0.2) is 41.2 Å². The van der Waals surface area contributed by atoms with Gasteiger partial charge in [-0.1, -0.05) is 18.2 Å². The van der Waals surface area contributed by atoms with Gasteiger partial charge >= 0.3 is 0 Å². The number of benzene rings is 2. The van der Waals surface area contributed by atoms with Crippen LogP contribution >= 0.6 is 0 Å². The summed E-state index contributed by atoms with van der Waals surface area (Å²) in [5, 5.41) is 2.91. The first-order valence-electron chi connectivity index (χ1n) is 10.2. The maximum absolute atomic E-state index is 12.6. The Morgan fingerprint density at radius 2 is 1.87 bits per heavy atom. The smallest absolute Gasteiger partial charge is 0.240 e. The van der Waals surface area contributed by atoms with E-state index in [1.165, 1.54) is 12.1 Å². The van der Waals surface area contributed by atoms with E-state index in [2.05, 4.69) is 10.0 Å². The zero-order valence-electron chi connectivity index (χ0n) is 17.7. The van der Waals surface area contributed by atoms with E-state index >= 15 is 0 Å². The number of carbonyl (C=O) groups is 1. The van der Waals surface area contributed by atoms with Crippen LogP contribution in [0.25, 0.3) is 0 Å². The van der Waals surface area contributed by atoms with Gasteiger partial charge in [0.1, 0.15) is 5.75 Å². The summed E-state index contributed by atoms with van der Waals surface area (Å²) in [7, 11) is -2.13. The van der Waals surface area contributed by atoms with Gasteiger partial charge < -0.3 is 19.5 Å². The number of nitrogens with one attached hydrogen (secondary N) is 2. The van der Waals surface area contributed by atoms with Gasteiger partial charge in [-0.05, 0) is 31.5 Å². The van der Waals surface area contributed by atoms with Crippen molar-refractivity contribution in [3.8, 4) is 17.2 Å². The minimum absolute atomic E-state index is 0.103. The average Bonchev–Trinajstić information content (AvgIpc) is 3.01. The second kappa shape index (κ2) is 10.5. The van der Waals surface area contributed by atoms with Crippen LogP contribution in [0.15, 0.2) is 47.4 Å². The Morgan fingerprint density at radius 3 is 2.65 bits per heavy atom. The third-order valence-electron chi connectivity index (χ3n) is 4.88. The van der Waals surface area contributed by atoms with Crippen LogP contribution in [0.1, 0.15) is 37.8 Å².